The maximum absolute atomic E-state index is 12.1. The number of methoxy groups -OCH3 is 1. The summed E-state index contributed by atoms with van der Waals surface area (Å²) in [7, 11) is 0.293. The van der Waals surface area contributed by atoms with Crippen LogP contribution in [0.3, 0.4) is 0 Å². The Kier molecular flexibility index (Phi) is 4.61. The average molecular weight is 316 g/mol. The number of ether oxygens (including phenoxy) is 1. The molecule has 0 aliphatic rings. The van der Waals surface area contributed by atoms with Gasteiger partial charge in [-0.05, 0) is 31.5 Å². The molecule has 22 heavy (non-hydrogen) atoms. The predicted molar refractivity (Wildman–Crippen MR) is 92.5 cm³/mol. The van der Waals surface area contributed by atoms with Crippen molar-refractivity contribution in [3.8, 4) is 16.9 Å². The monoisotopic (exact) mass is 316 g/mol. The standard InChI is InChI=1S/C18H24O3Si/c1-12(19)17-13(2)21-16(11-22(4,5)6)18(17)14-7-9-15(20-3)10-8-14/h7-10H,11H2,1-6H3. The van der Waals surface area contributed by atoms with Crippen molar-refractivity contribution in [3.05, 3.63) is 41.3 Å². The summed E-state index contributed by atoms with van der Waals surface area (Å²) >= 11 is 0. The van der Waals surface area contributed by atoms with Gasteiger partial charge in [-0.3, -0.25) is 4.79 Å². The molecule has 0 saturated carbocycles. The molecule has 2 rings (SSSR count). The van der Waals surface area contributed by atoms with Gasteiger partial charge >= 0.3 is 0 Å². The number of ketones is 1. The Balaban J connectivity index is 2.61. The van der Waals surface area contributed by atoms with E-state index in [0.29, 0.717) is 11.3 Å². The first-order valence-electron chi connectivity index (χ1n) is 7.50. The molecule has 3 nitrogen and oxygen atoms in total. The minimum absolute atomic E-state index is 0.0499. The second-order valence-electron chi connectivity index (χ2n) is 6.85. The van der Waals surface area contributed by atoms with Gasteiger partial charge in [0.15, 0.2) is 5.78 Å². The van der Waals surface area contributed by atoms with Crippen molar-refractivity contribution < 1.29 is 13.9 Å². The summed E-state index contributed by atoms with van der Waals surface area (Å²) in [6, 6.07) is 8.73. The van der Waals surface area contributed by atoms with Crippen molar-refractivity contribution in [2.24, 2.45) is 0 Å². The molecule has 0 fully saturated rings. The van der Waals surface area contributed by atoms with Crippen LogP contribution in [-0.4, -0.2) is 21.0 Å². The molecule has 1 aromatic carbocycles. The van der Waals surface area contributed by atoms with Gasteiger partial charge < -0.3 is 9.15 Å². The van der Waals surface area contributed by atoms with E-state index in [0.717, 1.165) is 28.7 Å². The third kappa shape index (κ3) is 3.50. The number of carbonyl (C=O) groups is 1. The Bertz CT molecular complexity index is 676. The van der Waals surface area contributed by atoms with Crippen molar-refractivity contribution in [2.75, 3.05) is 7.11 Å². The van der Waals surface area contributed by atoms with Gasteiger partial charge in [0.05, 0.1) is 20.7 Å². The van der Waals surface area contributed by atoms with E-state index in [9.17, 15) is 4.79 Å². The molecule has 0 atom stereocenters. The van der Waals surface area contributed by atoms with Crippen LogP contribution in [0, 0.1) is 6.92 Å². The van der Waals surface area contributed by atoms with E-state index in [1.807, 2.05) is 31.2 Å². The maximum Gasteiger partial charge on any atom is 0.163 e. The van der Waals surface area contributed by atoms with Crippen molar-refractivity contribution in [1.29, 1.82) is 0 Å². The number of hydrogen-bond acceptors (Lipinski definition) is 3. The first kappa shape index (κ1) is 16.6. The smallest absolute Gasteiger partial charge is 0.163 e. The van der Waals surface area contributed by atoms with E-state index in [1.54, 1.807) is 14.0 Å². The van der Waals surface area contributed by atoms with E-state index < -0.39 is 8.07 Å². The second kappa shape index (κ2) is 6.13. The quantitative estimate of drug-likeness (QED) is 0.582. The molecule has 4 heteroatoms. The van der Waals surface area contributed by atoms with Gasteiger partial charge in [-0.25, -0.2) is 0 Å². The van der Waals surface area contributed by atoms with Crippen LogP contribution >= 0.6 is 0 Å². The molecule has 0 spiro atoms. The summed E-state index contributed by atoms with van der Waals surface area (Å²) in [6.45, 7) is 10.4. The molecule has 0 radical (unpaired) electrons. The Morgan fingerprint density at radius 1 is 1.18 bits per heavy atom. The molecule has 1 aromatic heterocycles. The van der Waals surface area contributed by atoms with Gasteiger partial charge in [0, 0.05) is 11.6 Å². The molecule has 0 saturated heterocycles. The largest absolute Gasteiger partial charge is 0.497 e. The van der Waals surface area contributed by atoms with E-state index in [-0.39, 0.29) is 5.78 Å². The molecule has 0 amide bonds. The first-order valence-corrected chi connectivity index (χ1v) is 11.2. The van der Waals surface area contributed by atoms with Crippen LogP contribution in [0.2, 0.25) is 19.6 Å². The van der Waals surface area contributed by atoms with E-state index >= 15 is 0 Å². The van der Waals surface area contributed by atoms with Crippen LogP contribution in [0.5, 0.6) is 5.75 Å². The first-order chi connectivity index (χ1) is 10.2. The van der Waals surface area contributed by atoms with Crippen LogP contribution in [0.4, 0.5) is 0 Å². The van der Waals surface area contributed by atoms with Crippen LogP contribution in [0.15, 0.2) is 28.7 Å². The van der Waals surface area contributed by atoms with E-state index in [2.05, 4.69) is 19.6 Å². The fourth-order valence-electron chi connectivity index (χ4n) is 2.70. The highest BCUT2D eigenvalue weighted by Crippen LogP contribution is 2.35. The summed E-state index contributed by atoms with van der Waals surface area (Å²) in [5.74, 6) is 2.51. The number of carbonyl (C=O) groups excluding carboxylic acids is 1. The van der Waals surface area contributed by atoms with Crippen LogP contribution in [0.25, 0.3) is 11.1 Å². The summed E-state index contributed by atoms with van der Waals surface area (Å²) in [4.78, 5) is 12.1. The molecule has 0 bridgehead atoms. The van der Waals surface area contributed by atoms with Gasteiger partial charge in [0.25, 0.3) is 0 Å². The number of Topliss-reactive ketones (excluding diaryl/α,β-unsaturated/α-hetero) is 1. The summed E-state index contributed by atoms with van der Waals surface area (Å²) in [6.07, 6.45) is 0. The molecule has 0 aliphatic carbocycles. The Hall–Kier alpha value is -1.81. The molecule has 2 aromatic rings. The highest BCUT2D eigenvalue weighted by molar-refractivity contribution is 6.75. The van der Waals surface area contributed by atoms with Crippen LogP contribution in [-0.2, 0) is 6.04 Å². The number of hydrogen-bond donors (Lipinski definition) is 0. The Morgan fingerprint density at radius 2 is 1.77 bits per heavy atom. The third-order valence-electron chi connectivity index (χ3n) is 3.58. The van der Waals surface area contributed by atoms with Gasteiger partial charge in [-0.15, -0.1) is 0 Å². The Labute approximate surface area is 133 Å². The molecule has 0 aliphatic heterocycles. The van der Waals surface area contributed by atoms with Crippen molar-refractivity contribution in [2.45, 2.75) is 39.5 Å². The topological polar surface area (TPSA) is 39.4 Å². The minimum Gasteiger partial charge on any atom is -0.497 e. The molecule has 1 heterocycles. The lowest BCUT2D eigenvalue weighted by Gasteiger charge is -2.15. The number of furan rings is 1. The summed E-state index contributed by atoms with van der Waals surface area (Å²) in [5.41, 5.74) is 2.67. The van der Waals surface area contributed by atoms with Gasteiger partial charge in [-0.2, -0.15) is 0 Å². The third-order valence-corrected chi connectivity index (χ3v) is 4.96. The van der Waals surface area contributed by atoms with Crippen molar-refractivity contribution >= 4 is 13.9 Å². The average Bonchev–Trinajstić information content (AvgIpc) is 2.73. The van der Waals surface area contributed by atoms with Crippen LogP contribution < -0.4 is 4.74 Å². The van der Waals surface area contributed by atoms with E-state index in [1.165, 1.54) is 0 Å². The summed E-state index contributed by atoms with van der Waals surface area (Å²) in [5, 5.41) is 0. The molecular weight excluding hydrogens is 292 g/mol. The lowest BCUT2D eigenvalue weighted by molar-refractivity contribution is 0.101. The highest BCUT2D eigenvalue weighted by Gasteiger charge is 2.26. The maximum atomic E-state index is 12.1. The SMILES string of the molecule is COc1ccc(-c2c(C[Si](C)(C)C)oc(C)c2C(C)=O)cc1. The fraction of sp³-hybridized carbons (Fsp3) is 0.389. The second-order valence-corrected chi connectivity index (χ2v) is 12.3. The lowest BCUT2D eigenvalue weighted by Crippen LogP contribution is -2.24. The summed E-state index contributed by atoms with van der Waals surface area (Å²) < 4.78 is 11.2. The normalized spacial score (nSPS) is 11.5. The number of benzene rings is 1. The van der Waals surface area contributed by atoms with E-state index in [4.69, 9.17) is 9.15 Å². The molecule has 0 N–H and O–H groups in total. The van der Waals surface area contributed by atoms with Crippen molar-refractivity contribution in [3.63, 3.8) is 0 Å². The molecule has 0 unspecified atom stereocenters. The Morgan fingerprint density at radius 3 is 2.23 bits per heavy atom. The number of aryl methyl sites for hydroxylation is 1. The predicted octanol–water partition coefficient (Wildman–Crippen LogP) is 4.89. The fourth-order valence-corrected chi connectivity index (χ4v) is 3.91. The molecule has 118 valence electrons. The van der Waals surface area contributed by atoms with Crippen LogP contribution in [0.1, 0.15) is 28.8 Å². The lowest BCUT2D eigenvalue weighted by atomic mass is 9.98. The zero-order valence-corrected chi connectivity index (χ0v) is 15.2. The zero-order valence-electron chi connectivity index (χ0n) is 14.2. The zero-order chi connectivity index (χ0) is 16.5. The molecular formula is C18H24O3Si. The highest BCUT2D eigenvalue weighted by atomic mass is 28.3. The van der Waals surface area contributed by atoms with Gasteiger partial charge in [-0.1, -0.05) is 31.8 Å². The van der Waals surface area contributed by atoms with Gasteiger partial charge in [0.1, 0.15) is 17.3 Å². The van der Waals surface area contributed by atoms with Crippen molar-refractivity contribution in [1.82, 2.24) is 0 Å². The number of rotatable bonds is 5. The minimum atomic E-state index is -1.35. The van der Waals surface area contributed by atoms with Gasteiger partial charge in [0.2, 0.25) is 0 Å².